The minimum absolute atomic E-state index is 0.472. The van der Waals surface area contributed by atoms with Gasteiger partial charge < -0.3 is 5.73 Å². The number of hydrogen-bond donors (Lipinski definition) is 1. The van der Waals surface area contributed by atoms with Crippen LogP contribution >= 0.6 is 0 Å². The summed E-state index contributed by atoms with van der Waals surface area (Å²) in [6.45, 7) is 2.11. The van der Waals surface area contributed by atoms with Gasteiger partial charge >= 0.3 is 0 Å². The molecule has 0 saturated heterocycles. The molecule has 9 heavy (non-hydrogen) atoms. The molecular weight excluding hydrogens is 110 g/mol. The number of allylic oxidation sites excluding steroid dienone is 5. The highest BCUT2D eigenvalue weighted by atomic mass is 14.6. The molecule has 0 aromatic rings. The maximum absolute atomic E-state index is 5.56. The van der Waals surface area contributed by atoms with Crippen LogP contribution in [-0.2, 0) is 0 Å². The quantitative estimate of drug-likeness (QED) is 0.517. The van der Waals surface area contributed by atoms with Gasteiger partial charge in [-0.25, -0.2) is 0 Å². The first-order valence-electron chi connectivity index (χ1n) is 3.11. The van der Waals surface area contributed by atoms with Gasteiger partial charge in [0.05, 0.1) is 0 Å². The van der Waals surface area contributed by atoms with Crippen LogP contribution in [-0.4, -0.2) is 0 Å². The number of hydrogen-bond acceptors (Lipinski definition) is 1. The summed E-state index contributed by atoms with van der Waals surface area (Å²) in [5.74, 6) is 0.472. The van der Waals surface area contributed by atoms with Crippen LogP contribution in [0.25, 0.3) is 0 Å². The monoisotopic (exact) mass is 121 g/mol. The minimum Gasteiger partial charge on any atom is -0.399 e. The summed E-state index contributed by atoms with van der Waals surface area (Å²) in [5.41, 5.74) is 6.41. The number of rotatable bonds is 0. The van der Waals surface area contributed by atoms with Gasteiger partial charge in [0.15, 0.2) is 0 Å². The van der Waals surface area contributed by atoms with E-state index in [-0.39, 0.29) is 0 Å². The van der Waals surface area contributed by atoms with Crippen molar-refractivity contribution in [3.63, 3.8) is 0 Å². The maximum atomic E-state index is 5.56. The van der Waals surface area contributed by atoms with Gasteiger partial charge in [-0.1, -0.05) is 31.2 Å². The summed E-state index contributed by atoms with van der Waals surface area (Å²) >= 11 is 0. The van der Waals surface area contributed by atoms with Gasteiger partial charge in [0.1, 0.15) is 0 Å². The summed E-state index contributed by atoms with van der Waals surface area (Å²) in [5, 5.41) is 0. The van der Waals surface area contributed by atoms with Crippen LogP contribution in [0.1, 0.15) is 6.92 Å². The van der Waals surface area contributed by atoms with Crippen LogP contribution < -0.4 is 5.73 Å². The van der Waals surface area contributed by atoms with E-state index in [0.717, 1.165) is 5.70 Å². The molecule has 1 rings (SSSR count). The van der Waals surface area contributed by atoms with E-state index in [2.05, 4.69) is 13.0 Å². The van der Waals surface area contributed by atoms with Crippen LogP contribution in [0.5, 0.6) is 0 Å². The molecule has 1 atom stereocenters. The lowest BCUT2D eigenvalue weighted by atomic mass is 10.1. The summed E-state index contributed by atoms with van der Waals surface area (Å²) in [6.07, 6.45) is 10.0. The molecule has 0 saturated carbocycles. The summed E-state index contributed by atoms with van der Waals surface area (Å²) in [7, 11) is 0. The molecule has 1 nitrogen and oxygen atoms in total. The molecule has 0 aliphatic heterocycles. The van der Waals surface area contributed by atoms with Crippen molar-refractivity contribution in [2.45, 2.75) is 6.92 Å². The fraction of sp³-hybridized carbons (Fsp3) is 0.250. The molecule has 0 radical (unpaired) electrons. The molecule has 0 spiro atoms. The first kappa shape index (κ1) is 6.14. The van der Waals surface area contributed by atoms with E-state index in [1.807, 2.05) is 24.3 Å². The summed E-state index contributed by atoms with van der Waals surface area (Å²) in [6, 6.07) is 0. The molecular formula is C8H11N. The molecule has 0 amide bonds. The van der Waals surface area contributed by atoms with Gasteiger partial charge in [-0.3, -0.25) is 0 Å². The van der Waals surface area contributed by atoms with Gasteiger partial charge in [0, 0.05) is 5.70 Å². The predicted molar refractivity (Wildman–Crippen MR) is 39.7 cm³/mol. The molecule has 1 heteroatoms. The Morgan fingerprint density at radius 2 is 2.22 bits per heavy atom. The van der Waals surface area contributed by atoms with Gasteiger partial charge in [-0.2, -0.15) is 0 Å². The Morgan fingerprint density at radius 1 is 1.44 bits per heavy atom. The Hall–Kier alpha value is -0.980. The van der Waals surface area contributed by atoms with Gasteiger partial charge in [-0.05, 0) is 12.0 Å². The molecule has 0 aromatic heterocycles. The Morgan fingerprint density at radius 3 is 3.00 bits per heavy atom. The van der Waals surface area contributed by atoms with Crippen molar-refractivity contribution in [2.24, 2.45) is 11.7 Å². The zero-order valence-electron chi connectivity index (χ0n) is 5.54. The minimum atomic E-state index is 0.472. The third-order valence-electron chi connectivity index (χ3n) is 1.27. The molecule has 1 aliphatic rings. The van der Waals surface area contributed by atoms with Crippen molar-refractivity contribution in [3.8, 4) is 0 Å². The van der Waals surface area contributed by atoms with Gasteiger partial charge in [0.25, 0.3) is 0 Å². The highest BCUT2D eigenvalue weighted by Gasteiger charge is 1.93. The lowest BCUT2D eigenvalue weighted by Crippen LogP contribution is -1.94. The van der Waals surface area contributed by atoms with Crippen LogP contribution in [0, 0.1) is 5.92 Å². The second-order valence-corrected chi connectivity index (χ2v) is 2.27. The van der Waals surface area contributed by atoms with E-state index < -0.39 is 0 Å². The number of nitrogens with two attached hydrogens (primary N) is 1. The average molecular weight is 121 g/mol. The molecule has 0 bridgehead atoms. The van der Waals surface area contributed by atoms with Crippen molar-refractivity contribution < 1.29 is 0 Å². The van der Waals surface area contributed by atoms with Crippen molar-refractivity contribution >= 4 is 0 Å². The van der Waals surface area contributed by atoms with E-state index in [1.54, 1.807) is 0 Å². The highest BCUT2D eigenvalue weighted by Crippen LogP contribution is 2.05. The molecule has 48 valence electrons. The van der Waals surface area contributed by atoms with Crippen molar-refractivity contribution in [2.75, 3.05) is 0 Å². The Balaban J connectivity index is 2.77. The molecule has 1 unspecified atom stereocenters. The van der Waals surface area contributed by atoms with Crippen LogP contribution in [0.3, 0.4) is 0 Å². The topological polar surface area (TPSA) is 26.0 Å². The van der Waals surface area contributed by atoms with E-state index in [0.29, 0.717) is 5.92 Å². The van der Waals surface area contributed by atoms with Crippen molar-refractivity contribution in [1.29, 1.82) is 0 Å². The van der Waals surface area contributed by atoms with E-state index in [9.17, 15) is 0 Å². The first-order valence-corrected chi connectivity index (χ1v) is 3.11. The zero-order chi connectivity index (χ0) is 6.69. The Kier molecular flexibility index (Phi) is 1.73. The third-order valence-corrected chi connectivity index (χ3v) is 1.27. The maximum Gasteiger partial charge on any atom is 0.0279 e. The van der Waals surface area contributed by atoms with Crippen LogP contribution in [0.4, 0.5) is 0 Å². The van der Waals surface area contributed by atoms with Gasteiger partial charge in [-0.15, -0.1) is 0 Å². The Bertz CT molecular complexity index is 175. The summed E-state index contributed by atoms with van der Waals surface area (Å²) < 4.78 is 0. The fourth-order valence-electron chi connectivity index (χ4n) is 0.821. The third kappa shape index (κ3) is 1.76. The SMILES string of the molecule is CC1C=CC=CC(N)=C1. The first-order chi connectivity index (χ1) is 4.29. The molecule has 0 aromatic carbocycles. The highest BCUT2D eigenvalue weighted by molar-refractivity contribution is 5.25. The normalized spacial score (nSPS) is 25.4. The lowest BCUT2D eigenvalue weighted by molar-refractivity contribution is 0.931. The second-order valence-electron chi connectivity index (χ2n) is 2.27. The largest absolute Gasteiger partial charge is 0.399 e. The predicted octanol–water partition coefficient (Wildman–Crippen LogP) is 1.59. The molecule has 0 heterocycles. The van der Waals surface area contributed by atoms with Crippen molar-refractivity contribution in [1.82, 2.24) is 0 Å². The molecule has 2 N–H and O–H groups in total. The van der Waals surface area contributed by atoms with Crippen LogP contribution in [0.2, 0.25) is 0 Å². The van der Waals surface area contributed by atoms with Gasteiger partial charge in [0.2, 0.25) is 0 Å². The smallest absolute Gasteiger partial charge is 0.0279 e. The van der Waals surface area contributed by atoms with Crippen molar-refractivity contribution in [3.05, 3.63) is 36.1 Å². The Labute approximate surface area is 55.6 Å². The average Bonchev–Trinajstić information content (AvgIpc) is 1.93. The second kappa shape index (κ2) is 2.53. The van der Waals surface area contributed by atoms with E-state index >= 15 is 0 Å². The molecule has 0 fully saturated rings. The fourth-order valence-corrected chi connectivity index (χ4v) is 0.821. The van der Waals surface area contributed by atoms with E-state index in [4.69, 9.17) is 5.73 Å². The lowest BCUT2D eigenvalue weighted by Gasteiger charge is -1.95. The summed E-state index contributed by atoms with van der Waals surface area (Å²) in [4.78, 5) is 0. The van der Waals surface area contributed by atoms with Crippen LogP contribution in [0.15, 0.2) is 36.1 Å². The molecule has 1 aliphatic carbocycles. The van der Waals surface area contributed by atoms with E-state index in [1.165, 1.54) is 0 Å². The standard InChI is InChI=1S/C8H11N/c1-7-4-2-3-5-8(9)6-7/h2-7H,9H2,1H3. The zero-order valence-corrected chi connectivity index (χ0v) is 5.54.